The van der Waals surface area contributed by atoms with Crippen LogP contribution >= 0.6 is 0 Å². The molecule has 0 heterocycles. The van der Waals surface area contributed by atoms with E-state index in [0.717, 1.165) is 24.3 Å². The van der Waals surface area contributed by atoms with Gasteiger partial charge in [-0.15, -0.1) is 0 Å². The molecule has 1 heteroatoms. The van der Waals surface area contributed by atoms with Crippen molar-refractivity contribution in [3.63, 3.8) is 0 Å². The Morgan fingerprint density at radius 1 is 1.15 bits per heavy atom. The molecular weight excluding hydrogens is 247 g/mol. The van der Waals surface area contributed by atoms with Gasteiger partial charge in [-0.1, -0.05) is 44.5 Å². The Kier molecular flexibility index (Phi) is 4.80. The first-order chi connectivity index (χ1) is 9.69. The van der Waals surface area contributed by atoms with Crippen LogP contribution in [0, 0.1) is 18.7 Å². The molecule has 0 N–H and O–H groups in total. The molecule has 0 spiro atoms. The van der Waals surface area contributed by atoms with Gasteiger partial charge in [0.05, 0.1) is 0 Å². The first-order valence-electron chi connectivity index (χ1n) is 7.89. The molecule has 20 heavy (non-hydrogen) atoms. The average Bonchev–Trinajstić information content (AvgIpc) is 3.27. The van der Waals surface area contributed by atoms with Crippen molar-refractivity contribution in [1.82, 2.24) is 0 Å². The standard InChI is InChI=1S/C17H19F.C2H6/c1-3-13-8-11(2)9-14-6-7-16(18)15(17(13)14)10-12-4-5-12;1-2/h6-9,12H,3-5,10H2,1-2H3;1-2H3. The monoisotopic (exact) mass is 272 g/mol. The Hall–Kier alpha value is -1.37. The second kappa shape index (κ2) is 6.39. The second-order valence-corrected chi connectivity index (χ2v) is 5.55. The van der Waals surface area contributed by atoms with Gasteiger partial charge in [-0.05, 0) is 66.5 Å². The Balaban J connectivity index is 0.000000704. The quantitative estimate of drug-likeness (QED) is 0.659. The molecular formula is C19H25F. The number of aryl methyl sites for hydroxylation is 2. The summed E-state index contributed by atoms with van der Waals surface area (Å²) in [5.74, 6) is 0.698. The molecule has 108 valence electrons. The van der Waals surface area contributed by atoms with Crippen molar-refractivity contribution >= 4 is 10.8 Å². The molecule has 1 fully saturated rings. The third kappa shape index (κ3) is 3.03. The summed E-state index contributed by atoms with van der Waals surface area (Å²) in [6, 6.07) is 7.94. The van der Waals surface area contributed by atoms with E-state index in [2.05, 4.69) is 26.0 Å². The van der Waals surface area contributed by atoms with Gasteiger partial charge in [0.15, 0.2) is 0 Å². The van der Waals surface area contributed by atoms with Crippen molar-refractivity contribution in [2.45, 2.75) is 53.4 Å². The lowest BCUT2D eigenvalue weighted by Gasteiger charge is -2.13. The third-order valence-corrected chi connectivity index (χ3v) is 3.96. The van der Waals surface area contributed by atoms with Crippen molar-refractivity contribution < 1.29 is 4.39 Å². The maximum absolute atomic E-state index is 14.1. The Morgan fingerprint density at radius 2 is 1.85 bits per heavy atom. The zero-order chi connectivity index (χ0) is 14.7. The van der Waals surface area contributed by atoms with E-state index in [9.17, 15) is 4.39 Å². The van der Waals surface area contributed by atoms with E-state index >= 15 is 0 Å². The molecule has 0 radical (unpaired) electrons. The largest absolute Gasteiger partial charge is 0.207 e. The molecule has 0 unspecified atom stereocenters. The van der Waals surface area contributed by atoms with Crippen LogP contribution in [-0.2, 0) is 12.8 Å². The maximum Gasteiger partial charge on any atom is 0.127 e. The lowest BCUT2D eigenvalue weighted by atomic mass is 9.93. The van der Waals surface area contributed by atoms with Crippen LogP contribution in [0.2, 0.25) is 0 Å². The summed E-state index contributed by atoms with van der Waals surface area (Å²) < 4.78 is 14.1. The van der Waals surface area contributed by atoms with Crippen LogP contribution in [0.5, 0.6) is 0 Å². The van der Waals surface area contributed by atoms with Crippen LogP contribution in [0.15, 0.2) is 24.3 Å². The zero-order valence-corrected chi connectivity index (χ0v) is 13.1. The molecule has 1 saturated carbocycles. The Morgan fingerprint density at radius 3 is 2.45 bits per heavy atom. The van der Waals surface area contributed by atoms with Gasteiger partial charge in [-0.2, -0.15) is 0 Å². The Labute approximate surface area is 122 Å². The predicted molar refractivity (Wildman–Crippen MR) is 85.8 cm³/mol. The van der Waals surface area contributed by atoms with E-state index in [4.69, 9.17) is 0 Å². The number of hydrogen-bond acceptors (Lipinski definition) is 0. The van der Waals surface area contributed by atoms with Gasteiger partial charge >= 0.3 is 0 Å². The van der Waals surface area contributed by atoms with Crippen molar-refractivity contribution in [3.8, 4) is 0 Å². The lowest BCUT2D eigenvalue weighted by Crippen LogP contribution is -1.98. The maximum atomic E-state index is 14.1. The minimum absolute atomic E-state index is 0.0204. The second-order valence-electron chi connectivity index (χ2n) is 5.55. The fourth-order valence-corrected chi connectivity index (χ4v) is 2.86. The third-order valence-electron chi connectivity index (χ3n) is 3.96. The molecule has 0 saturated heterocycles. The molecule has 0 amide bonds. The number of fused-ring (bicyclic) bond motifs is 1. The number of halogens is 1. The van der Waals surface area contributed by atoms with Crippen LogP contribution in [0.1, 0.15) is 50.3 Å². The van der Waals surface area contributed by atoms with E-state index in [1.807, 2.05) is 19.9 Å². The van der Waals surface area contributed by atoms with Gasteiger partial charge < -0.3 is 0 Å². The number of rotatable bonds is 3. The zero-order valence-electron chi connectivity index (χ0n) is 13.1. The summed E-state index contributed by atoms with van der Waals surface area (Å²) in [7, 11) is 0. The molecule has 0 bridgehead atoms. The highest BCUT2D eigenvalue weighted by Gasteiger charge is 2.24. The van der Waals surface area contributed by atoms with Gasteiger partial charge in [-0.25, -0.2) is 4.39 Å². The SMILES string of the molecule is CC.CCc1cc(C)cc2ccc(F)c(CC3CC3)c12. The van der Waals surface area contributed by atoms with Crippen LogP contribution in [0.4, 0.5) is 4.39 Å². The molecule has 0 nitrogen and oxygen atoms in total. The topological polar surface area (TPSA) is 0 Å². The van der Waals surface area contributed by atoms with Crippen molar-refractivity contribution in [3.05, 3.63) is 46.8 Å². The summed E-state index contributed by atoms with van der Waals surface area (Å²) in [5.41, 5.74) is 3.51. The first kappa shape index (κ1) is 15.0. The molecule has 1 aliphatic carbocycles. The summed E-state index contributed by atoms with van der Waals surface area (Å²) in [6.07, 6.45) is 4.42. The van der Waals surface area contributed by atoms with Gasteiger partial charge in [0, 0.05) is 0 Å². The van der Waals surface area contributed by atoms with Gasteiger partial charge in [-0.3, -0.25) is 0 Å². The van der Waals surface area contributed by atoms with Gasteiger partial charge in [0.2, 0.25) is 0 Å². The van der Waals surface area contributed by atoms with Crippen molar-refractivity contribution in [2.24, 2.45) is 5.92 Å². The van der Waals surface area contributed by atoms with E-state index in [-0.39, 0.29) is 5.82 Å². The summed E-state index contributed by atoms with van der Waals surface area (Å²) >= 11 is 0. The summed E-state index contributed by atoms with van der Waals surface area (Å²) in [6.45, 7) is 8.27. The molecule has 0 atom stereocenters. The lowest BCUT2D eigenvalue weighted by molar-refractivity contribution is 0.605. The smallest absolute Gasteiger partial charge is 0.127 e. The van der Waals surface area contributed by atoms with E-state index in [1.54, 1.807) is 6.07 Å². The molecule has 3 rings (SSSR count). The highest BCUT2D eigenvalue weighted by molar-refractivity contribution is 5.89. The summed E-state index contributed by atoms with van der Waals surface area (Å²) in [5, 5.41) is 2.37. The van der Waals surface area contributed by atoms with Crippen LogP contribution in [-0.4, -0.2) is 0 Å². The van der Waals surface area contributed by atoms with Crippen LogP contribution in [0.25, 0.3) is 10.8 Å². The molecule has 2 aromatic carbocycles. The van der Waals surface area contributed by atoms with E-state index in [1.165, 1.54) is 34.7 Å². The first-order valence-corrected chi connectivity index (χ1v) is 7.89. The van der Waals surface area contributed by atoms with Crippen molar-refractivity contribution in [1.29, 1.82) is 0 Å². The normalized spacial score (nSPS) is 14.1. The minimum Gasteiger partial charge on any atom is -0.207 e. The number of hydrogen-bond donors (Lipinski definition) is 0. The van der Waals surface area contributed by atoms with Crippen LogP contribution < -0.4 is 0 Å². The van der Waals surface area contributed by atoms with Gasteiger partial charge in [0.1, 0.15) is 5.82 Å². The van der Waals surface area contributed by atoms with Crippen molar-refractivity contribution in [2.75, 3.05) is 0 Å². The van der Waals surface area contributed by atoms with E-state index in [0.29, 0.717) is 0 Å². The molecule has 0 aliphatic heterocycles. The highest BCUT2D eigenvalue weighted by Crippen LogP contribution is 2.37. The average molecular weight is 272 g/mol. The van der Waals surface area contributed by atoms with Crippen LogP contribution in [0.3, 0.4) is 0 Å². The molecule has 2 aromatic rings. The minimum atomic E-state index is -0.0204. The summed E-state index contributed by atoms with van der Waals surface area (Å²) in [4.78, 5) is 0. The Bertz CT molecular complexity index is 594. The molecule has 0 aromatic heterocycles. The highest BCUT2D eigenvalue weighted by atomic mass is 19.1. The van der Waals surface area contributed by atoms with E-state index < -0.39 is 0 Å². The fraction of sp³-hybridized carbons (Fsp3) is 0.474. The number of benzene rings is 2. The predicted octanol–water partition coefficient (Wildman–Crippen LogP) is 5.83. The van der Waals surface area contributed by atoms with Gasteiger partial charge in [0.25, 0.3) is 0 Å². The fourth-order valence-electron chi connectivity index (χ4n) is 2.86. The molecule has 1 aliphatic rings.